The third-order valence-corrected chi connectivity index (χ3v) is 3.69. The van der Waals surface area contributed by atoms with Crippen LogP contribution >= 0.6 is 0 Å². The Morgan fingerprint density at radius 1 is 1.16 bits per heavy atom. The maximum Gasteiger partial charge on any atom is 0.319 e. The Balaban J connectivity index is 1.54. The van der Waals surface area contributed by atoms with Crippen molar-refractivity contribution in [3.63, 3.8) is 0 Å². The highest BCUT2D eigenvalue weighted by Crippen LogP contribution is 2.12. The van der Waals surface area contributed by atoms with Gasteiger partial charge >= 0.3 is 6.03 Å². The van der Waals surface area contributed by atoms with Crippen molar-refractivity contribution in [3.05, 3.63) is 66.4 Å². The first-order valence-electron chi connectivity index (χ1n) is 7.80. The molecule has 7 nitrogen and oxygen atoms in total. The Kier molecular flexibility index (Phi) is 4.94. The molecule has 0 fully saturated rings. The summed E-state index contributed by atoms with van der Waals surface area (Å²) in [6, 6.07) is 10.9. The van der Waals surface area contributed by atoms with E-state index < -0.39 is 0 Å². The first-order valence-corrected chi connectivity index (χ1v) is 7.80. The van der Waals surface area contributed by atoms with Gasteiger partial charge in [-0.25, -0.2) is 14.8 Å². The largest absolute Gasteiger partial charge is 0.497 e. The fraction of sp³-hybridized carbons (Fsp3) is 0.167. The SMILES string of the molecule is COc1ccc(CNC(=O)Nc2ccc(-n3ccnc3C)nc2)cc1. The summed E-state index contributed by atoms with van der Waals surface area (Å²) < 4.78 is 6.97. The zero-order chi connectivity index (χ0) is 17.6. The standard InChI is InChI=1S/C18H19N5O2/c1-13-19-9-10-23(13)17-8-5-15(12-20-17)22-18(24)21-11-14-3-6-16(25-2)7-4-14/h3-10,12H,11H2,1-2H3,(H2,21,22,24). The van der Waals surface area contributed by atoms with E-state index in [2.05, 4.69) is 20.6 Å². The molecule has 3 rings (SSSR count). The third kappa shape index (κ3) is 4.14. The van der Waals surface area contributed by atoms with Crippen LogP contribution in [-0.2, 0) is 6.54 Å². The number of nitrogens with zero attached hydrogens (tertiary/aromatic N) is 3. The molecule has 0 spiro atoms. The minimum Gasteiger partial charge on any atom is -0.497 e. The minimum absolute atomic E-state index is 0.288. The number of urea groups is 1. The number of carbonyl (C=O) groups is 1. The molecule has 25 heavy (non-hydrogen) atoms. The topological polar surface area (TPSA) is 81.1 Å². The molecule has 2 amide bonds. The number of pyridine rings is 1. The van der Waals surface area contributed by atoms with Gasteiger partial charge in [0.15, 0.2) is 0 Å². The van der Waals surface area contributed by atoms with Gasteiger partial charge in [0.1, 0.15) is 17.4 Å². The number of ether oxygens (including phenoxy) is 1. The number of methoxy groups -OCH3 is 1. The lowest BCUT2D eigenvalue weighted by Gasteiger charge is -2.09. The first-order chi connectivity index (χ1) is 12.2. The second kappa shape index (κ2) is 7.48. The minimum atomic E-state index is -0.288. The summed E-state index contributed by atoms with van der Waals surface area (Å²) in [6.07, 6.45) is 5.17. The van der Waals surface area contributed by atoms with E-state index in [-0.39, 0.29) is 6.03 Å². The van der Waals surface area contributed by atoms with Crippen molar-refractivity contribution < 1.29 is 9.53 Å². The van der Waals surface area contributed by atoms with E-state index >= 15 is 0 Å². The Hall–Kier alpha value is -3.35. The molecule has 0 bridgehead atoms. The molecule has 0 aliphatic carbocycles. The Labute approximate surface area is 145 Å². The maximum absolute atomic E-state index is 12.0. The van der Waals surface area contributed by atoms with E-state index in [1.54, 1.807) is 25.6 Å². The molecule has 0 radical (unpaired) electrons. The van der Waals surface area contributed by atoms with Gasteiger partial charge in [-0.05, 0) is 36.8 Å². The fourth-order valence-electron chi connectivity index (χ4n) is 2.32. The highest BCUT2D eigenvalue weighted by Gasteiger charge is 2.05. The summed E-state index contributed by atoms with van der Waals surface area (Å²) in [5, 5.41) is 5.56. The van der Waals surface area contributed by atoms with Crippen LogP contribution in [0.5, 0.6) is 5.75 Å². The highest BCUT2D eigenvalue weighted by atomic mass is 16.5. The second-order valence-electron chi connectivity index (χ2n) is 5.41. The number of amides is 2. The number of rotatable bonds is 5. The molecule has 0 aliphatic rings. The Morgan fingerprint density at radius 3 is 2.56 bits per heavy atom. The third-order valence-electron chi connectivity index (χ3n) is 3.69. The van der Waals surface area contributed by atoms with E-state index in [9.17, 15) is 4.79 Å². The molecular weight excluding hydrogens is 318 g/mol. The van der Waals surface area contributed by atoms with Crippen molar-refractivity contribution >= 4 is 11.7 Å². The second-order valence-corrected chi connectivity index (χ2v) is 5.41. The van der Waals surface area contributed by atoms with Crippen LogP contribution in [-0.4, -0.2) is 27.7 Å². The van der Waals surface area contributed by atoms with Gasteiger partial charge in [-0.1, -0.05) is 12.1 Å². The maximum atomic E-state index is 12.0. The van der Waals surface area contributed by atoms with Crippen LogP contribution in [0.1, 0.15) is 11.4 Å². The molecule has 2 aromatic heterocycles. The van der Waals surface area contributed by atoms with Crippen molar-refractivity contribution in [2.45, 2.75) is 13.5 Å². The molecule has 7 heteroatoms. The van der Waals surface area contributed by atoms with E-state index in [4.69, 9.17) is 4.74 Å². The number of nitrogens with one attached hydrogen (secondary N) is 2. The summed E-state index contributed by atoms with van der Waals surface area (Å²) >= 11 is 0. The zero-order valence-electron chi connectivity index (χ0n) is 14.1. The van der Waals surface area contributed by atoms with Gasteiger partial charge in [-0.2, -0.15) is 0 Å². The zero-order valence-corrected chi connectivity index (χ0v) is 14.1. The lowest BCUT2D eigenvalue weighted by atomic mass is 10.2. The molecule has 1 aromatic carbocycles. The average Bonchev–Trinajstić information content (AvgIpc) is 3.07. The van der Waals surface area contributed by atoms with E-state index in [1.807, 2.05) is 48.0 Å². The van der Waals surface area contributed by atoms with Crippen LogP contribution in [0.25, 0.3) is 5.82 Å². The van der Waals surface area contributed by atoms with Crippen LogP contribution in [0, 0.1) is 6.92 Å². The Bertz CT molecular complexity index is 841. The monoisotopic (exact) mass is 337 g/mol. The van der Waals surface area contributed by atoms with Gasteiger partial charge in [0.25, 0.3) is 0 Å². The van der Waals surface area contributed by atoms with Crippen molar-refractivity contribution in [3.8, 4) is 11.6 Å². The number of benzene rings is 1. The van der Waals surface area contributed by atoms with Gasteiger partial charge in [-0.3, -0.25) is 4.57 Å². The Morgan fingerprint density at radius 2 is 1.96 bits per heavy atom. The molecule has 128 valence electrons. The number of imidazole rings is 1. The summed E-state index contributed by atoms with van der Waals surface area (Å²) in [5.41, 5.74) is 1.61. The molecule has 0 saturated carbocycles. The van der Waals surface area contributed by atoms with Gasteiger partial charge in [-0.15, -0.1) is 0 Å². The first kappa shape index (κ1) is 16.5. The average molecular weight is 337 g/mol. The predicted molar refractivity (Wildman–Crippen MR) is 94.9 cm³/mol. The number of aromatic nitrogens is 3. The molecular formula is C18H19N5O2. The normalized spacial score (nSPS) is 10.3. The summed E-state index contributed by atoms with van der Waals surface area (Å²) in [6.45, 7) is 2.33. The molecule has 0 unspecified atom stereocenters. The van der Waals surface area contributed by atoms with Crippen LogP contribution in [0.4, 0.5) is 10.5 Å². The fourth-order valence-corrected chi connectivity index (χ4v) is 2.32. The number of aryl methyl sites for hydroxylation is 1. The highest BCUT2D eigenvalue weighted by molar-refractivity contribution is 5.89. The number of hydrogen-bond donors (Lipinski definition) is 2. The molecule has 2 N–H and O–H groups in total. The number of anilines is 1. The number of carbonyl (C=O) groups excluding carboxylic acids is 1. The summed E-state index contributed by atoms with van der Waals surface area (Å²) in [4.78, 5) is 20.5. The molecule has 3 aromatic rings. The van der Waals surface area contributed by atoms with Crippen LogP contribution in [0.2, 0.25) is 0 Å². The van der Waals surface area contributed by atoms with Crippen LogP contribution in [0.15, 0.2) is 55.0 Å². The molecule has 0 atom stereocenters. The molecule has 0 saturated heterocycles. The van der Waals surface area contributed by atoms with E-state index in [1.165, 1.54) is 0 Å². The quantitative estimate of drug-likeness (QED) is 0.750. The summed E-state index contributed by atoms with van der Waals surface area (Å²) in [7, 11) is 1.62. The van der Waals surface area contributed by atoms with Crippen molar-refractivity contribution in [2.24, 2.45) is 0 Å². The van der Waals surface area contributed by atoms with Gasteiger partial charge < -0.3 is 15.4 Å². The summed E-state index contributed by atoms with van der Waals surface area (Å²) in [5.74, 6) is 2.39. The van der Waals surface area contributed by atoms with E-state index in [0.29, 0.717) is 12.2 Å². The predicted octanol–water partition coefficient (Wildman–Crippen LogP) is 2.91. The van der Waals surface area contributed by atoms with Crippen LogP contribution in [0.3, 0.4) is 0 Å². The van der Waals surface area contributed by atoms with Crippen molar-refractivity contribution in [2.75, 3.05) is 12.4 Å². The molecule has 2 heterocycles. The van der Waals surface area contributed by atoms with Gasteiger partial charge in [0, 0.05) is 18.9 Å². The number of hydrogen-bond acceptors (Lipinski definition) is 4. The van der Waals surface area contributed by atoms with Gasteiger partial charge in [0.05, 0.1) is 19.0 Å². The van der Waals surface area contributed by atoms with Crippen molar-refractivity contribution in [1.82, 2.24) is 19.9 Å². The molecule has 0 aliphatic heterocycles. The lowest BCUT2D eigenvalue weighted by molar-refractivity contribution is 0.251. The van der Waals surface area contributed by atoms with Gasteiger partial charge in [0.2, 0.25) is 0 Å². The van der Waals surface area contributed by atoms with Crippen molar-refractivity contribution in [1.29, 1.82) is 0 Å². The smallest absolute Gasteiger partial charge is 0.319 e. The van der Waals surface area contributed by atoms with E-state index in [0.717, 1.165) is 23.0 Å². The van der Waals surface area contributed by atoms with Crippen LogP contribution < -0.4 is 15.4 Å². The lowest BCUT2D eigenvalue weighted by Crippen LogP contribution is -2.28.